The van der Waals surface area contributed by atoms with E-state index >= 15 is 0 Å². The number of ether oxygens (including phenoxy) is 1. The molecule has 1 aliphatic rings. The van der Waals surface area contributed by atoms with Gasteiger partial charge in [0.05, 0.1) is 10.9 Å². The quantitative estimate of drug-likeness (QED) is 0.684. The molecule has 0 radical (unpaired) electrons. The van der Waals surface area contributed by atoms with Gasteiger partial charge in [0.25, 0.3) is 0 Å². The molecule has 0 saturated carbocycles. The van der Waals surface area contributed by atoms with Crippen LogP contribution in [0.3, 0.4) is 0 Å². The van der Waals surface area contributed by atoms with E-state index in [2.05, 4.69) is 14.9 Å². The van der Waals surface area contributed by atoms with Crippen molar-refractivity contribution in [3.8, 4) is 11.6 Å². The van der Waals surface area contributed by atoms with Crippen molar-refractivity contribution in [2.45, 2.75) is 25.3 Å². The number of aromatic amines is 1. The summed E-state index contributed by atoms with van der Waals surface area (Å²) in [7, 11) is 0. The van der Waals surface area contributed by atoms with Gasteiger partial charge in [0.15, 0.2) is 0 Å². The van der Waals surface area contributed by atoms with Gasteiger partial charge < -0.3 is 14.7 Å². The third kappa shape index (κ3) is 4.14. The summed E-state index contributed by atoms with van der Waals surface area (Å²) in [5.41, 5.74) is 1.02. The Hall–Kier alpha value is -2.80. The Morgan fingerprint density at radius 3 is 2.81 bits per heavy atom. The lowest BCUT2D eigenvalue weighted by atomic mass is 10.1. The number of thiazole rings is 1. The van der Waals surface area contributed by atoms with Crippen molar-refractivity contribution in [1.82, 2.24) is 9.97 Å². The van der Waals surface area contributed by atoms with Crippen molar-refractivity contribution in [3.05, 3.63) is 68.8 Å². The van der Waals surface area contributed by atoms with Crippen LogP contribution in [-0.4, -0.2) is 34.3 Å². The minimum absolute atomic E-state index is 0.0406. The summed E-state index contributed by atoms with van der Waals surface area (Å²) in [5.74, 6) is 1.78. The van der Waals surface area contributed by atoms with Crippen molar-refractivity contribution in [2.24, 2.45) is 0 Å². The summed E-state index contributed by atoms with van der Waals surface area (Å²) in [6.07, 6.45) is 4.59. The number of rotatable bonds is 6. The fraction of sp³-hybridized carbons (Fsp3) is 0.300. The fourth-order valence-corrected chi connectivity index (χ4v) is 4.15. The Morgan fingerprint density at radius 1 is 1.26 bits per heavy atom. The van der Waals surface area contributed by atoms with Crippen LogP contribution >= 0.6 is 11.3 Å². The summed E-state index contributed by atoms with van der Waals surface area (Å²) < 4.78 is 6.00. The fourth-order valence-electron chi connectivity index (χ4n) is 3.39. The van der Waals surface area contributed by atoms with E-state index < -0.39 is 0 Å². The molecule has 3 heterocycles. The van der Waals surface area contributed by atoms with Gasteiger partial charge in [0.1, 0.15) is 18.2 Å². The minimum atomic E-state index is -0.239. The number of aromatic nitrogens is 2. The van der Waals surface area contributed by atoms with Gasteiger partial charge in [-0.1, -0.05) is 29.5 Å². The highest BCUT2D eigenvalue weighted by Crippen LogP contribution is 2.25. The first-order valence-corrected chi connectivity index (χ1v) is 9.81. The van der Waals surface area contributed by atoms with E-state index in [9.17, 15) is 9.90 Å². The Kier molecular flexibility index (Phi) is 5.11. The molecule has 27 heavy (non-hydrogen) atoms. The van der Waals surface area contributed by atoms with Crippen molar-refractivity contribution in [1.29, 1.82) is 0 Å². The minimum Gasteiger partial charge on any atom is -0.494 e. The molecule has 3 aromatic rings. The zero-order chi connectivity index (χ0) is 18.6. The molecule has 6 nitrogen and oxygen atoms in total. The molecule has 1 atom stereocenters. The van der Waals surface area contributed by atoms with E-state index in [-0.39, 0.29) is 10.8 Å². The van der Waals surface area contributed by atoms with Gasteiger partial charge in [-0.3, -0.25) is 9.78 Å². The van der Waals surface area contributed by atoms with E-state index in [1.807, 2.05) is 48.7 Å². The number of hydrogen-bond donors (Lipinski definition) is 2. The lowest BCUT2D eigenvalue weighted by molar-refractivity contribution is 0.288. The molecule has 0 unspecified atom stereocenters. The van der Waals surface area contributed by atoms with Crippen LogP contribution in [0.1, 0.15) is 23.3 Å². The number of hydrogen-bond acceptors (Lipinski definition) is 6. The first-order valence-electron chi connectivity index (χ1n) is 8.99. The number of H-pyrrole nitrogens is 1. The van der Waals surface area contributed by atoms with E-state index in [4.69, 9.17) is 4.74 Å². The average Bonchev–Trinajstić information content (AvgIpc) is 3.28. The molecule has 7 heteroatoms. The maximum absolute atomic E-state index is 11.3. The topological polar surface area (TPSA) is 78.5 Å². The molecular weight excluding hydrogens is 362 g/mol. The molecule has 0 spiro atoms. The van der Waals surface area contributed by atoms with Crippen molar-refractivity contribution in [3.63, 3.8) is 0 Å². The Labute approximate surface area is 161 Å². The third-order valence-corrected chi connectivity index (χ3v) is 5.62. The maximum atomic E-state index is 11.3. The summed E-state index contributed by atoms with van der Waals surface area (Å²) in [5, 5.41) is 9.69. The van der Waals surface area contributed by atoms with E-state index in [1.165, 1.54) is 0 Å². The largest absolute Gasteiger partial charge is 0.494 e. The second-order valence-electron chi connectivity index (χ2n) is 6.60. The van der Waals surface area contributed by atoms with Gasteiger partial charge in [0.2, 0.25) is 5.88 Å². The number of nitrogens with zero attached hydrogens (tertiary/aromatic N) is 2. The monoisotopic (exact) mass is 383 g/mol. The summed E-state index contributed by atoms with van der Waals surface area (Å²) in [6, 6.07) is 14.1. The normalized spacial score (nSPS) is 16.6. The van der Waals surface area contributed by atoms with Gasteiger partial charge in [-0.2, -0.15) is 0 Å². The Morgan fingerprint density at radius 2 is 2.11 bits per heavy atom. The molecule has 1 fully saturated rings. The van der Waals surface area contributed by atoms with Crippen LogP contribution in [-0.2, 0) is 6.42 Å². The molecule has 140 valence electrons. The van der Waals surface area contributed by atoms with Gasteiger partial charge in [-0.15, -0.1) is 0 Å². The smallest absolute Gasteiger partial charge is 0.307 e. The summed E-state index contributed by atoms with van der Waals surface area (Å²) >= 11 is 1.03. The number of anilines is 1. The molecule has 4 rings (SSSR count). The van der Waals surface area contributed by atoms with Crippen LogP contribution < -0.4 is 14.5 Å². The molecular formula is C20H21N3O3S. The first-order chi connectivity index (χ1) is 13.2. The number of nitrogens with one attached hydrogen (secondary N) is 1. The number of benzene rings is 1. The lowest BCUT2D eigenvalue weighted by Gasteiger charge is -2.25. The average molecular weight is 383 g/mol. The van der Waals surface area contributed by atoms with Crippen LogP contribution in [0.4, 0.5) is 5.82 Å². The second-order valence-corrected chi connectivity index (χ2v) is 7.66. The highest BCUT2D eigenvalue weighted by molar-refractivity contribution is 7.09. The third-order valence-electron chi connectivity index (χ3n) is 4.75. The van der Waals surface area contributed by atoms with Crippen molar-refractivity contribution >= 4 is 17.2 Å². The highest BCUT2D eigenvalue weighted by Gasteiger charge is 2.26. The molecule has 1 aliphatic heterocycles. The van der Waals surface area contributed by atoms with Crippen molar-refractivity contribution < 1.29 is 9.84 Å². The number of pyridine rings is 1. The Bertz CT molecular complexity index is 937. The molecule has 1 aromatic carbocycles. The standard InChI is InChI=1S/C20H21N3O3S/c24-19-17(27-20(25)22-19)12-14-6-8-16(9-7-14)26-13-15-4-3-11-23(15)18-5-1-2-10-21-18/h1-2,5-10,15,24H,3-4,11-13H2,(H,22,25)/t15-/m0/s1. The molecule has 0 aliphatic carbocycles. The van der Waals surface area contributed by atoms with Gasteiger partial charge in [-0.25, -0.2) is 4.98 Å². The van der Waals surface area contributed by atoms with E-state index in [0.717, 1.165) is 47.9 Å². The predicted molar refractivity (Wildman–Crippen MR) is 106 cm³/mol. The van der Waals surface area contributed by atoms with Crippen LogP contribution in [0.15, 0.2) is 53.5 Å². The predicted octanol–water partition coefficient (Wildman–Crippen LogP) is 3.18. The first kappa shape index (κ1) is 17.6. The zero-order valence-corrected chi connectivity index (χ0v) is 15.6. The van der Waals surface area contributed by atoms with Crippen LogP contribution in [0, 0.1) is 0 Å². The van der Waals surface area contributed by atoms with E-state index in [0.29, 0.717) is 23.9 Å². The van der Waals surface area contributed by atoms with Crippen LogP contribution in [0.5, 0.6) is 11.6 Å². The van der Waals surface area contributed by atoms with E-state index in [1.54, 1.807) is 0 Å². The maximum Gasteiger partial charge on any atom is 0.307 e. The molecule has 0 bridgehead atoms. The highest BCUT2D eigenvalue weighted by atomic mass is 32.1. The zero-order valence-electron chi connectivity index (χ0n) is 14.8. The van der Waals surface area contributed by atoms with Crippen LogP contribution in [0.2, 0.25) is 0 Å². The second kappa shape index (κ2) is 7.84. The van der Waals surface area contributed by atoms with Gasteiger partial charge in [-0.05, 0) is 42.7 Å². The molecule has 0 amide bonds. The van der Waals surface area contributed by atoms with Gasteiger partial charge in [0, 0.05) is 19.2 Å². The summed E-state index contributed by atoms with van der Waals surface area (Å²) in [4.78, 5) is 20.8. The summed E-state index contributed by atoms with van der Waals surface area (Å²) in [6.45, 7) is 1.63. The SMILES string of the molecule is O=c1[nH]c(O)c(Cc2ccc(OC[C@@H]3CCCN3c3ccccn3)cc2)s1. The van der Waals surface area contributed by atoms with Crippen molar-refractivity contribution in [2.75, 3.05) is 18.1 Å². The Balaban J connectivity index is 1.36. The lowest BCUT2D eigenvalue weighted by Crippen LogP contribution is -2.34. The van der Waals surface area contributed by atoms with Crippen LogP contribution in [0.25, 0.3) is 0 Å². The molecule has 2 N–H and O–H groups in total. The number of aromatic hydroxyl groups is 1. The van der Waals surface area contributed by atoms with Gasteiger partial charge >= 0.3 is 4.87 Å². The molecule has 2 aromatic heterocycles. The molecule has 1 saturated heterocycles.